The molecule has 6 heteroatoms. The van der Waals surface area contributed by atoms with Crippen LogP contribution in [0.5, 0.6) is 0 Å². The molecule has 1 aromatic rings. The van der Waals surface area contributed by atoms with Crippen molar-refractivity contribution in [2.75, 3.05) is 26.3 Å². The smallest absolute Gasteiger partial charge is 0.221 e. The third-order valence-electron chi connectivity index (χ3n) is 2.75. The van der Waals surface area contributed by atoms with E-state index in [2.05, 4.69) is 45.4 Å². The van der Waals surface area contributed by atoms with Crippen LogP contribution in [0.4, 0.5) is 0 Å². The van der Waals surface area contributed by atoms with Crippen LogP contribution in [-0.4, -0.2) is 38.3 Å². The molecule has 0 bridgehead atoms. The molecule has 2 rings (SSSR count). The number of hydrogen-bond donors (Lipinski definition) is 2. The first kappa shape index (κ1) is 14.2. The number of morpholine rings is 1. The van der Waals surface area contributed by atoms with E-state index in [1.165, 1.54) is 7.76 Å². The van der Waals surface area contributed by atoms with Crippen molar-refractivity contribution in [3.63, 3.8) is 0 Å². The monoisotopic (exact) mass is 380 g/mol. The summed E-state index contributed by atoms with van der Waals surface area (Å²) in [5.74, 6) is 0.101. The van der Waals surface area contributed by atoms with Crippen LogP contribution in [0.2, 0.25) is 0 Å². The maximum atomic E-state index is 11.7. The average molecular weight is 380 g/mol. The van der Waals surface area contributed by atoms with Gasteiger partial charge in [-0.3, -0.25) is 4.79 Å². The van der Waals surface area contributed by atoms with Crippen molar-refractivity contribution in [3.8, 4) is 0 Å². The van der Waals surface area contributed by atoms with E-state index < -0.39 is 0 Å². The maximum Gasteiger partial charge on any atom is 0.221 e. The van der Waals surface area contributed by atoms with Gasteiger partial charge in [-0.2, -0.15) is 0 Å². The molecule has 1 atom stereocenters. The van der Waals surface area contributed by atoms with Crippen molar-refractivity contribution in [2.45, 2.75) is 18.9 Å². The molecule has 18 heavy (non-hydrogen) atoms. The van der Waals surface area contributed by atoms with Gasteiger partial charge in [-0.25, -0.2) is 0 Å². The van der Waals surface area contributed by atoms with E-state index in [9.17, 15) is 4.79 Å². The molecule has 0 aliphatic carbocycles. The fraction of sp³-hybridized carbons (Fsp3) is 0.583. The largest absolute Gasteiger partial charge is 0.378 e. The minimum Gasteiger partial charge on any atom is -0.378 e. The lowest BCUT2D eigenvalue weighted by atomic mass is 10.2. The molecule has 1 aromatic heterocycles. The van der Waals surface area contributed by atoms with Crippen LogP contribution in [-0.2, 0) is 16.0 Å². The van der Waals surface area contributed by atoms with Crippen molar-refractivity contribution in [1.82, 2.24) is 10.6 Å². The van der Waals surface area contributed by atoms with Crippen molar-refractivity contribution in [1.29, 1.82) is 0 Å². The van der Waals surface area contributed by atoms with E-state index in [-0.39, 0.29) is 11.9 Å². The highest BCUT2D eigenvalue weighted by Crippen LogP contribution is 2.18. The van der Waals surface area contributed by atoms with Gasteiger partial charge < -0.3 is 15.4 Å². The molecule has 0 radical (unpaired) electrons. The van der Waals surface area contributed by atoms with Gasteiger partial charge in [0.05, 0.1) is 16.1 Å². The second-order valence-corrected chi connectivity index (χ2v) is 7.30. The van der Waals surface area contributed by atoms with Gasteiger partial charge >= 0.3 is 0 Å². The predicted octanol–water partition coefficient (Wildman–Crippen LogP) is 1.39. The van der Waals surface area contributed by atoms with Crippen molar-refractivity contribution in [2.24, 2.45) is 0 Å². The summed E-state index contributed by atoms with van der Waals surface area (Å²) in [5.41, 5.74) is 0. The third-order valence-corrected chi connectivity index (χ3v) is 4.71. The number of thiophene rings is 1. The standard InChI is InChI=1S/C12H17IN2O2S/c13-11-2-1-10(18-11)3-4-15-12(16)7-9-8-17-6-5-14-9/h1-2,9,14H,3-8H2,(H,15,16). The topological polar surface area (TPSA) is 50.4 Å². The lowest BCUT2D eigenvalue weighted by Crippen LogP contribution is -2.44. The summed E-state index contributed by atoms with van der Waals surface area (Å²) in [6.45, 7) is 2.93. The van der Waals surface area contributed by atoms with E-state index in [0.717, 1.165) is 19.6 Å². The van der Waals surface area contributed by atoms with Gasteiger partial charge in [0, 0.05) is 30.4 Å². The summed E-state index contributed by atoms with van der Waals surface area (Å²) < 4.78 is 6.61. The van der Waals surface area contributed by atoms with Crippen LogP contribution in [0.3, 0.4) is 0 Å². The molecule has 2 heterocycles. The summed E-state index contributed by atoms with van der Waals surface area (Å²) in [4.78, 5) is 13.0. The summed E-state index contributed by atoms with van der Waals surface area (Å²) in [7, 11) is 0. The fourth-order valence-corrected chi connectivity index (χ4v) is 3.61. The summed E-state index contributed by atoms with van der Waals surface area (Å²) in [6, 6.07) is 4.39. The second kappa shape index (κ2) is 7.42. The molecule has 1 aliphatic rings. The number of carbonyl (C=O) groups is 1. The van der Waals surface area contributed by atoms with Crippen LogP contribution >= 0.6 is 33.9 Å². The first-order chi connectivity index (χ1) is 8.74. The van der Waals surface area contributed by atoms with Gasteiger partial charge in [-0.1, -0.05) is 0 Å². The Labute approximate surface area is 125 Å². The van der Waals surface area contributed by atoms with Gasteiger partial charge in [0.25, 0.3) is 0 Å². The Morgan fingerprint density at radius 3 is 3.17 bits per heavy atom. The van der Waals surface area contributed by atoms with E-state index in [4.69, 9.17) is 4.74 Å². The van der Waals surface area contributed by atoms with Gasteiger partial charge in [0.2, 0.25) is 5.91 Å². The molecule has 1 amide bonds. The summed E-state index contributed by atoms with van der Waals surface area (Å²) >= 11 is 4.09. The Kier molecular flexibility index (Phi) is 5.87. The highest BCUT2D eigenvalue weighted by atomic mass is 127. The van der Waals surface area contributed by atoms with Gasteiger partial charge in [0.1, 0.15) is 0 Å². The number of rotatable bonds is 5. The van der Waals surface area contributed by atoms with E-state index in [0.29, 0.717) is 19.6 Å². The molecular weight excluding hydrogens is 363 g/mol. The molecule has 0 spiro atoms. The minimum absolute atomic E-state index is 0.101. The lowest BCUT2D eigenvalue weighted by Gasteiger charge is -2.23. The quantitative estimate of drug-likeness (QED) is 0.760. The number of amides is 1. The van der Waals surface area contributed by atoms with Crippen LogP contribution in [0, 0.1) is 2.88 Å². The highest BCUT2D eigenvalue weighted by Gasteiger charge is 2.16. The lowest BCUT2D eigenvalue weighted by molar-refractivity contribution is -0.122. The van der Waals surface area contributed by atoms with Crippen molar-refractivity contribution < 1.29 is 9.53 Å². The molecule has 1 aliphatic heterocycles. The normalized spacial score (nSPS) is 19.7. The molecule has 0 aromatic carbocycles. The fourth-order valence-electron chi connectivity index (χ4n) is 1.86. The molecular formula is C12H17IN2O2S. The molecule has 100 valence electrons. The Morgan fingerprint density at radius 1 is 1.61 bits per heavy atom. The van der Waals surface area contributed by atoms with Gasteiger partial charge in [-0.15, -0.1) is 11.3 Å². The average Bonchev–Trinajstić information content (AvgIpc) is 2.76. The third kappa shape index (κ3) is 4.83. The molecule has 1 unspecified atom stereocenters. The Hall–Kier alpha value is -0.180. The number of hydrogen-bond acceptors (Lipinski definition) is 4. The van der Waals surface area contributed by atoms with Crippen LogP contribution in [0.1, 0.15) is 11.3 Å². The van der Waals surface area contributed by atoms with E-state index in [1.54, 1.807) is 11.3 Å². The number of halogens is 1. The van der Waals surface area contributed by atoms with Crippen LogP contribution in [0.25, 0.3) is 0 Å². The first-order valence-electron chi connectivity index (χ1n) is 6.06. The number of carbonyl (C=O) groups excluding carboxylic acids is 1. The maximum absolute atomic E-state index is 11.7. The Bertz CT molecular complexity index is 391. The van der Waals surface area contributed by atoms with Crippen LogP contribution < -0.4 is 10.6 Å². The van der Waals surface area contributed by atoms with Crippen LogP contribution in [0.15, 0.2) is 12.1 Å². The van der Waals surface area contributed by atoms with E-state index in [1.807, 2.05) is 0 Å². The second-order valence-electron chi connectivity index (χ2n) is 4.24. The molecule has 4 nitrogen and oxygen atoms in total. The minimum atomic E-state index is 0.101. The molecule has 2 N–H and O–H groups in total. The molecule has 1 saturated heterocycles. The van der Waals surface area contributed by atoms with E-state index >= 15 is 0 Å². The summed E-state index contributed by atoms with van der Waals surface area (Å²) in [6.07, 6.45) is 1.41. The Morgan fingerprint density at radius 2 is 2.50 bits per heavy atom. The predicted molar refractivity (Wildman–Crippen MR) is 81.0 cm³/mol. The number of ether oxygens (including phenoxy) is 1. The summed E-state index contributed by atoms with van der Waals surface area (Å²) in [5, 5.41) is 6.23. The first-order valence-corrected chi connectivity index (χ1v) is 7.95. The van der Waals surface area contributed by atoms with Crippen molar-refractivity contribution in [3.05, 3.63) is 19.9 Å². The van der Waals surface area contributed by atoms with Crippen molar-refractivity contribution >= 4 is 39.8 Å². The molecule has 1 fully saturated rings. The van der Waals surface area contributed by atoms with Gasteiger partial charge in [0.15, 0.2) is 0 Å². The zero-order valence-corrected chi connectivity index (χ0v) is 13.1. The van der Waals surface area contributed by atoms with Gasteiger partial charge in [-0.05, 0) is 41.1 Å². The number of nitrogens with one attached hydrogen (secondary N) is 2. The molecule has 0 saturated carbocycles. The Balaban J connectivity index is 1.62. The highest BCUT2D eigenvalue weighted by molar-refractivity contribution is 14.1. The zero-order chi connectivity index (χ0) is 12.8. The zero-order valence-electron chi connectivity index (χ0n) is 10.1. The SMILES string of the molecule is O=C(CC1COCCN1)NCCc1ccc(I)s1.